The first-order chi connectivity index (χ1) is 9.08. The smallest absolute Gasteiger partial charge is 0.237 e. The van der Waals surface area contributed by atoms with Crippen LogP contribution in [-0.2, 0) is 4.79 Å². The minimum Gasteiger partial charge on any atom is -0.368 e. The average Bonchev–Trinajstić information content (AvgIpc) is 2.25. The zero-order chi connectivity index (χ0) is 15.9. The van der Waals surface area contributed by atoms with Gasteiger partial charge in [-0.05, 0) is 59.9 Å². The van der Waals surface area contributed by atoms with Gasteiger partial charge in [-0.25, -0.2) is 0 Å². The van der Waals surface area contributed by atoms with Crippen LogP contribution in [-0.4, -0.2) is 41.5 Å². The molecule has 4 heteroatoms. The third-order valence-corrected chi connectivity index (χ3v) is 3.60. The Balaban J connectivity index is 4.44. The van der Waals surface area contributed by atoms with Gasteiger partial charge in [0, 0.05) is 18.6 Å². The second kappa shape index (κ2) is 8.63. The summed E-state index contributed by atoms with van der Waals surface area (Å²) in [5, 5.41) is 3.31. The molecule has 0 aliphatic rings. The first-order valence-corrected chi connectivity index (χ1v) is 7.90. The Morgan fingerprint density at radius 3 is 2.10 bits per heavy atom. The summed E-state index contributed by atoms with van der Waals surface area (Å²) in [6, 6.07) is 0.791. The first-order valence-electron chi connectivity index (χ1n) is 7.90. The lowest BCUT2D eigenvalue weighted by Crippen LogP contribution is -2.55. The molecule has 0 heterocycles. The summed E-state index contributed by atoms with van der Waals surface area (Å²) in [6.45, 7) is 17.0. The molecular weight excluding hydrogens is 250 g/mol. The SMILES string of the molecule is CC(C)CN(CCCC(C)(NC(C)C)C(N)=O)C(C)C. The molecule has 0 fully saturated rings. The van der Waals surface area contributed by atoms with E-state index in [1.165, 1.54) is 0 Å². The van der Waals surface area contributed by atoms with Crippen LogP contribution in [0.2, 0.25) is 0 Å². The van der Waals surface area contributed by atoms with Gasteiger partial charge >= 0.3 is 0 Å². The van der Waals surface area contributed by atoms with E-state index >= 15 is 0 Å². The van der Waals surface area contributed by atoms with E-state index in [-0.39, 0.29) is 11.9 Å². The van der Waals surface area contributed by atoms with Crippen molar-refractivity contribution in [1.29, 1.82) is 0 Å². The molecule has 1 atom stereocenters. The van der Waals surface area contributed by atoms with E-state index in [0.29, 0.717) is 12.0 Å². The average molecular weight is 285 g/mol. The highest BCUT2D eigenvalue weighted by atomic mass is 16.1. The van der Waals surface area contributed by atoms with E-state index in [0.717, 1.165) is 25.9 Å². The van der Waals surface area contributed by atoms with E-state index in [2.05, 4.69) is 37.9 Å². The minimum absolute atomic E-state index is 0.254. The molecule has 0 saturated heterocycles. The van der Waals surface area contributed by atoms with Crippen molar-refractivity contribution in [2.45, 2.75) is 78.9 Å². The van der Waals surface area contributed by atoms with Gasteiger partial charge in [-0.3, -0.25) is 4.79 Å². The number of amides is 1. The van der Waals surface area contributed by atoms with E-state index in [9.17, 15) is 4.79 Å². The quantitative estimate of drug-likeness (QED) is 0.648. The number of primary amides is 1. The Morgan fingerprint density at radius 2 is 1.75 bits per heavy atom. The molecule has 0 aliphatic heterocycles. The summed E-state index contributed by atoms with van der Waals surface area (Å²) in [4.78, 5) is 14.2. The van der Waals surface area contributed by atoms with E-state index in [4.69, 9.17) is 5.73 Å². The lowest BCUT2D eigenvalue weighted by molar-refractivity contribution is -0.124. The van der Waals surface area contributed by atoms with Crippen molar-refractivity contribution >= 4 is 5.91 Å². The van der Waals surface area contributed by atoms with Crippen LogP contribution < -0.4 is 11.1 Å². The van der Waals surface area contributed by atoms with Gasteiger partial charge in [0.1, 0.15) is 0 Å². The third kappa shape index (κ3) is 7.25. The van der Waals surface area contributed by atoms with Crippen LogP contribution in [0, 0.1) is 5.92 Å². The van der Waals surface area contributed by atoms with E-state index in [1.807, 2.05) is 20.8 Å². The summed E-state index contributed by atoms with van der Waals surface area (Å²) in [6.07, 6.45) is 1.76. The summed E-state index contributed by atoms with van der Waals surface area (Å²) < 4.78 is 0. The highest BCUT2D eigenvalue weighted by Crippen LogP contribution is 2.15. The largest absolute Gasteiger partial charge is 0.368 e. The fraction of sp³-hybridized carbons (Fsp3) is 0.938. The van der Waals surface area contributed by atoms with Crippen LogP contribution in [0.25, 0.3) is 0 Å². The van der Waals surface area contributed by atoms with Crippen molar-refractivity contribution in [1.82, 2.24) is 10.2 Å². The maximum atomic E-state index is 11.7. The molecule has 20 heavy (non-hydrogen) atoms. The number of hydrogen-bond acceptors (Lipinski definition) is 3. The summed E-state index contributed by atoms with van der Waals surface area (Å²) >= 11 is 0. The van der Waals surface area contributed by atoms with Crippen molar-refractivity contribution in [3.8, 4) is 0 Å². The number of carbonyl (C=O) groups excluding carboxylic acids is 1. The van der Waals surface area contributed by atoms with Crippen LogP contribution >= 0.6 is 0 Å². The molecule has 0 spiro atoms. The maximum absolute atomic E-state index is 11.7. The van der Waals surface area contributed by atoms with Gasteiger partial charge in [-0.1, -0.05) is 13.8 Å². The van der Waals surface area contributed by atoms with E-state index in [1.54, 1.807) is 0 Å². The van der Waals surface area contributed by atoms with Crippen LogP contribution in [0.15, 0.2) is 0 Å². The topological polar surface area (TPSA) is 58.4 Å². The molecule has 1 unspecified atom stereocenters. The molecule has 0 aromatic rings. The molecule has 0 aliphatic carbocycles. The summed E-state index contributed by atoms with van der Waals surface area (Å²) in [5.41, 5.74) is 4.96. The summed E-state index contributed by atoms with van der Waals surface area (Å²) in [5.74, 6) is 0.403. The Kier molecular flexibility index (Phi) is 8.36. The second-order valence-corrected chi connectivity index (χ2v) is 7.08. The Bertz CT molecular complexity index is 289. The van der Waals surface area contributed by atoms with E-state index < -0.39 is 5.54 Å². The number of nitrogens with zero attached hydrogens (tertiary/aromatic N) is 1. The lowest BCUT2D eigenvalue weighted by Gasteiger charge is -2.32. The zero-order valence-electron chi connectivity index (χ0n) is 14.5. The molecular formula is C16H35N3O. The number of nitrogens with one attached hydrogen (secondary N) is 1. The van der Waals surface area contributed by atoms with Crippen LogP contribution in [0.1, 0.15) is 61.3 Å². The molecule has 4 nitrogen and oxygen atoms in total. The highest BCUT2D eigenvalue weighted by Gasteiger charge is 2.31. The van der Waals surface area contributed by atoms with Gasteiger partial charge in [0.15, 0.2) is 0 Å². The normalized spacial score (nSPS) is 15.3. The second-order valence-electron chi connectivity index (χ2n) is 7.08. The van der Waals surface area contributed by atoms with Crippen molar-refractivity contribution in [3.05, 3.63) is 0 Å². The third-order valence-electron chi connectivity index (χ3n) is 3.60. The van der Waals surface area contributed by atoms with Gasteiger partial charge in [0.05, 0.1) is 5.54 Å². The number of carbonyl (C=O) groups is 1. The predicted octanol–water partition coefficient (Wildman–Crippen LogP) is 2.38. The standard InChI is InChI=1S/C16H35N3O/c1-12(2)11-19(14(5)6)10-8-9-16(7,15(17)20)18-13(3)4/h12-14,18H,8-11H2,1-7H3,(H2,17,20). The van der Waals surface area contributed by atoms with Gasteiger partial charge in [0.2, 0.25) is 5.91 Å². The van der Waals surface area contributed by atoms with Crippen molar-refractivity contribution in [2.24, 2.45) is 11.7 Å². The minimum atomic E-state index is -0.603. The molecule has 0 aromatic heterocycles. The number of nitrogens with two attached hydrogens (primary N) is 1. The first kappa shape index (κ1) is 19.4. The Labute approximate surface area is 125 Å². The molecule has 0 bridgehead atoms. The molecule has 3 N–H and O–H groups in total. The molecule has 0 aromatic carbocycles. The number of hydrogen-bond donors (Lipinski definition) is 2. The molecule has 0 radical (unpaired) electrons. The van der Waals surface area contributed by atoms with Gasteiger partial charge in [-0.15, -0.1) is 0 Å². The lowest BCUT2D eigenvalue weighted by atomic mass is 9.93. The van der Waals surface area contributed by atoms with Gasteiger partial charge in [0.25, 0.3) is 0 Å². The maximum Gasteiger partial charge on any atom is 0.237 e. The summed E-state index contributed by atoms with van der Waals surface area (Å²) in [7, 11) is 0. The van der Waals surface area contributed by atoms with Gasteiger partial charge < -0.3 is 16.0 Å². The zero-order valence-corrected chi connectivity index (χ0v) is 14.5. The van der Waals surface area contributed by atoms with Crippen LogP contribution in [0.5, 0.6) is 0 Å². The molecule has 120 valence electrons. The highest BCUT2D eigenvalue weighted by molar-refractivity contribution is 5.84. The van der Waals surface area contributed by atoms with Crippen molar-refractivity contribution < 1.29 is 4.79 Å². The van der Waals surface area contributed by atoms with Crippen molar-refractivity contribution in [2.75, 3.05) is 13.1 Å². The van der Waals surface area contributed by atoms with Gasteiger partial charge in [-0.2, -0.15) is 0 Å². The molecule has 1 amide bonds. The number of rotatable bonds is 10. The molecule has 0 saturated carbocycles. The fourth-order valence-electron chi connectivity index (χ4n) is 2.57. The Morgan fingerprint density at radius 1 is 1.20 bits per heavy atom. The monoisotopic (exact) mass is 285 g/mol. The fourth-order valence-corrected chi connectivity index (χ4v) is 2.57. The predicted molar refractivity (Wildman–Crippen MR) is 86.7 cm³/mol. The van der Waals surface area contributed by atoms with Crippen LogP contribution in [0.4, 0.5) is 0 Å². The van der Waals surface area contributed by atoms with Crippen LogP contribution in [0.3, 0.4) is 0 Å². The van der Waals surface area contributed by atoms with Crippen molar-refractivity contribution in [3.63, 3.8) is 0 Å². The molecule has 0 rings (SSSR count). The Hall–Kier alpha value is -0.610.